The van der Waals surface area contributed by atoms with E-state index in [0.717, 1.165) is 64.2 Å². The van der Waals surface area contributed by atoms with Crippen LogP contribution in [-0.2, 0) is 19.1 Å². The SMILES string of the molecule is CCCOC(=O)C(Cl)(Cl)CCCCCCCCCCCCC(Cl)(Cl)C(=O)OCCC. The average Bonchev–Trinajstić information content (AvgIpc) is 2.70. The van der Waals surface area contributed by atoms with Gasteiger partial charge in [0.15, 0.2) is 0 Å². The molecule has 0 aliphatic heterocycles. The first-order valence-electron chi connectivity index (χ1n) is 11.3. The Morgan fingerprint density at radius 2 is 0.833 bits per heavy atom. The summed E-state index contributed by atoms with van der Waals surface area (Å²) in [6, 6.07) is 0. The van der Waals surface area contributed by atoms with Crippen LogP contribution in [-0.4, -0.2) is 33.8 Å². The van der Waals surface area contributed by atoms with Crippen LogP contribution < -0.4 is 0 Å². The number of ether oxygens (including phenoxy) is 2. The Kier molecular flexibility index (Phi) is 17.7. The summed E-state index contributed by atoms with van der Waals surface area (Å²) in [4.78, 5) is 23.5. The largest absolute Gasteiger partial charge is 0.463 e. The molecule has 0 fully saturated rings. The summed E-state index contributed by atoms with van der Waals surface area (Å²) < 4.78 is 7.17. The zero-order valence-corrected chi connectivity index (χ0v) is 21.5. The summed E-state index contributed by atoms with van der Waals surface area (Å²) in [6.07, 6.45) is 12.9. The van der Waals surface area contributed by atoms with Gasteiger partial charge < -0.3 is 9.47 Å². The van der Waals surface area contributed by atoms with E-state index < -0.39 is 20.6 Å². The van der Waals surface area contributed by atoms with Crippen molar-refractivity contribution in [2.45, 2.75) is 112 Å². The Morgan fingerprint density at radius 3 is 1.10 bits per heavy atom. The molecule has 8 heteroatoms. The van der Waals surface area contributed by atoms with Gasteiger partial charge in [-0.25, -0.2) is 9.59 Å². The van der Waals surface area contributed by atoms with Gasteiger partial charge in [-0.2, -0.15) is 0 Å². The number of hydrogen-bond acceptors (Lipinski definition) is 4. The first kappa shape index (κ1) is 30.1. The number of carbonyl (C=O) groups is 2. The van der Waals surface area contributed by atoms with Crippen LogP contribution in [0.25, 0.3) is 0 Å². The molecule has 0 rings (SSSR count). The summed E-state index contributed by atoms with van der Waals surface area (Å²) >= 11 is 24.2. The van der Waals surface area contributed by atoms with Crippen molar-refractivity contribution in [1.82, 2.24) is 0 Å². The zero-order chi connectivity index (χ0) is 22.9. The van der Waals surface area contributed by atoms with E-state index in [1.165, 1.54) is 12.8 Å². The molecular weight excluding hydrogens is 470 g/mol. The highest BCUT2D eigenvalue weighted by molar-refractivity contribution is 6.57. The third kappa shape index (κ3) is 15.0. The van der Waals surface area contributed by atoms with Crippen molar-refractivity contribution in [1.29, 1.82) is 0 Å². The van der Waals surface area contributed by atoms with Gasteiger partial charge in [0.2, 0.25) is 8.67 Å². The molecule has 0 spiro atoms. The molecule has 30 heavy (non-hydrogen) atoms. The Morgan fingerprint density at radius 1 is 0.567 bits per heavy atom. The molecule has 0 heterocycles. The molecule has 0 saturated heterocycles. The predicted molar refractivity (Wildman–Crippen MR) is 127 cm³/mol. The molecule has 0 aromatic carbocycles. The maximum absolute atomic E-state index is 11.7. The molecule has 0 aliphatic carbocycles. The van der Waals surface area contributed by atoms with Crippen LogP contribution in [0.1, 0.15) is 104 Å². The predicted octanol–water partition coefficient (Wildman–Crippen LogP) is 7.92. The third-order valence-corrected chi connectivity index (χ3v) is 6.08. The molecule has 0 aromatic rings. The van der Waals surface area contributed by atoms with Crippen molar-refractivity contribution in [3.05, 3.63) is 0 Å². The normalized spacial score (nSPS) is 12.1. The average molecular weight is 508 g/mol. The minimum absolute atomic E-state index is 0.351. The first-order chi connectivity index (χ1) is 14.2. The van der Waals surface area contributed by atoms with E-state index in [2.05, 4.69) is 0 Å². The van der Waals surface area contributed by atoms with Gasteiger partial charge in [-0.05, 0) is 38.5 Å². The number of halogens is 4. The second-order valence-corrected chi connectivity index (χ2v) is 10.7. The molecule has 4 nitrogen and oxygen atoms in total. The summed E-state index contributed by atoms with van der Waals surface area (Å²) in [6.45, 7) is 4.55. The van der Waals surface area contributed by atoms with Crippen molar-refractivity contribution in [2.75, 3.05) is 13.2 Å². The highest BCUT2D eigenvalue weighted by Crippen LogP contribution is 2.31. The highest BCUT2D eigenvalue weighted by Gasteiger charge is 2.35. The van der Waals surface area contributed by atoms with Crippen LogP contribution in [0.3, 0.4) is 0 Å². The van der Waals surface area contributed by atoms with E-state index in [4.69, 9.17) is 55.9 Å². The summed E-state index contributed by atoms with van der Waals surface area (Å²) in [5.74, 6) is -1.07. The van der Waals surface area contributed by atoms with Crippen LogP contribution in [0, 0.1) is 0 Å². The lowest BCUT2D eigenvalue weighted by Gasteiger charge is -2.17. The van der Waals surface area contributed by atoms with Crippen molar-refractivity contribution in [3.63, 3.8) is 0 Å². The number of rotatable bonds is 19. The minimum atomic E-state index is -1.43. The van der Waals surface area contributed by atoms with Crippen molar-refractivity contribution in [2.24, 2.45) is 0 Å². The Balaban J connectivity index is 3.58. The molecule has 178 valence electrons. The van der Waals surface area contributed by atoms with Gasteiger partial charge in [0, 0.05) is 0 Å². The molecule has 0 bridgehead atoms. The lowest BCUT2D eigenvalue weighted by atomic mass is 10.0. The van der Waals surface area contributed by atoms with Crippen molar-refractivity contribution < 1.29 is 19.1 Å². The van der Waals surface area contributed by atoms with Gasteiger partial charge >= 0.3 is 11.9 Å². The van der Waals surface area contributed by atoms with Crippen molar-refractivity contribution in [3.8, 4) is 0 Å². The lowest BCUT2D eigenvalue weighted by Crippen LogP contribution is -2.28. The smallest absolute Gasteiger partial charge is 0.342 e. The van der Waals surface area contributed by atoms with E-state index in [1.807, 2.05) is 13.8 Å². The molecule has 0 amide bonds. The summed E-state index contributed by atoms with van der Waals surface area (Å²) in [5.41, 5.74) is 0. The maximum Gasteiger partial charge on any atom is 0.342 e. The molecule has 0 atom stereocenters. The molecule has 0 aliphatic rings. The summed E-state index contributed by atoms with van der Waals surface area (Å²) in [5, 5.41) is 0. The van der Waals surface area contributed by atoms with Gasteiger partial charge in [0.05, 0.1) is 13.2 Å². The highest BCUT2D eigenvalue weighted by atomic mass is 35.5. The topological polar surface area (TPSA) is 52.6 Å². The first-order valence-corrected chi connectivity index (χ1v) is 12.8. The molecule has 0 aromatic heterocycles. The standard InChI is InChI=1S/C22H38Cl4O4/c1-3-17-29-19(27)21(23,24)15-13-11-9-7-5-6-8-10-12-14-16-22(25,26)20(28)30-18-4-2/h3-18H2,1-2H3. The Labute approximate surface area is 202 Å². The van der Waals surface area contributed by atoms with E-state index in [-0.39, 0.29) is 0 Å². The van der Waals surface area contributed by atoms with Gasteiger partial charge in [0.1, 0.15) is 0 Å². The molecule has 0 radical (unpaired) electrons. The number of unbranched alkanes of at least 4 members (excludes halogenated alkanes) is 9. The fourth-order valence-electron chi connectivity index (χ4n) is 2.91. The van der Waals surface area contributed by atoms with E-state index in [9.17, 15) is 9.59 Å². The van der Waals surface area contributed by atoms with E-state index >= 15 is 0 Å². The fourth-order valence-corrected chi connectivity index (χ4v) is 3.67. The lowest BCUT2D eigenvalue weighted by molar-refractivity contribution is -0.145. The summed E-state index contributed by atoms with van der Waals surface area (Å²) in [7, 11) is 0. The molecule has 0 N–H and O–H groups in total. The number of alkyl halides is 4. The van der Waals surface area contributed by atoms with Crippen LogP contribution in [0.4, 0.5) is 0 Å². The van der Waals surface area contributed by atoms with Crippen molar-refractivity contribution >= 4 is 58.3 Å². The number of carbonyl (C=O) groups excluding carboxylic acids is 2. The molecule has 0 unspecified atom stereocenters. The monoisotopic (exact) mass is 506 g/mol. The van der Waals surface area contributed by atoms with Crippen LogP contribution in [0.5, 0.6) is 0 Å². The Bertz CT molecular complexity index is 428. The number of esters is 2. The fraction of sp³-hybridized carbons (Fsp3) is 0.909. The van der Waals surface area contributed by atoms with Gasteiger partial charge in [-0.3, -0.25) is 0 Å². The third-order valence-electron chi connectivity index (χ3n) is 4.70. The number of hydrogen-bond donors (Lipinski definition) is 0. The quantitative estimate of drug-likeness (QED) is 0.101. The van der Waals surface area contributed by atoms with Crippen LogP contribution >= 0.6 is 46.4 Å². The van der Waals surface area contributed by atoms with E-state index in [1.54, 1.807) is 0 Å². The van der Waals surface area contributed by atoms with Gasteiger partial charge in [-0.15, -0.1) is 0 Å². The molecule has 0 saturated carbocycles. The zero-order valence-electron chi connectivity index (χ0n) is 18.5. The molecular formula is C22H38Cl4O4. The maximum atomic E-state index is 11.7. The van der Waals surface area contributed by atoms with Gasteiger partial charge in [-0.1, -0.05) is 112 Å². The Hall–Kier alpha value is 0.1000. The van der Waals surface area contributed by atoms with Gasteiger partial charge in [0.25, 0.3) is 0 Å². The minimum Gasteiger partial charge on any atom is -0.463 e. The van der Waals surface area contributed by atoms with Crippen LogP contribution in [0.15, 0.2) is 0 Å². The second-order valence-electron chi connectivity index (χ2n) is 7.72. The van der Waals surface area contributed by atoms with Crippen LogP contribution in [0.2, 0.25) is 0 Å². The second kappa shape index (κ2) is 17.6. The van der Waals surface area contributed by atoms with E-state index in [0.29, 0.717) is 26.1 Å².